The summed E-state index contributed by atoms with van der Waals surface area (Å²) < 4.78 is 29.5. The van der Waals surface area contributed by atoms with Crippen molar-refractivity contribution in [2.75, 3.05) is 10.8 Å². The molecular formula is C36H40ClN3O4S. The summed E-state index contributed by atoms with van der Waals surface area (Å²) in [6.45, 7) is 7.16. The number of rotatable bonds is 13. The van der Waals surface area contributed by atoms with Crippen LogP contribution in [0.2, 0.25) is 5.02 Å². The van der Waals surface area contributed by atoms with Gasteiger partial charge in [0.2, 0.25) is 11.8 Å². The van der Waals surface area contributed by atoms with E-state index in [-0.39, 0.29) is 29.8 Å². The maximum Gasteiger partial charge on any atom is 0.264 e. The Morgan fingerprint density at radius 3 is 2.11 bits per heavy atom. The molecule has 236 valence electrons. The van der Waals surface area contributed by atoms with Crippen LogP contribution in [0, 0.1) is 13.8 Å². The minimum Gasteiger partial charge on any atom is -0.352 e. The Bertz CT molecular complexity index is 1720. The van der Waals surface area contributed by atoms with Crippen molar-refractivity contribution in [2.45, 2.75) is 64.1 Å². The van der Waals surface area contributed by atoms with E-state index < -0.39 is 28.5 Å². The van der Waals surface area contributed by atoms with Crippen LogP contribution in [0.4, 0.5) is 5.69 Å². The van der Waals surface area contributed by atoms with Gasteiger partial charge in [0.1, 0.15) is 12.6 Å². The molecule has 2 atom stereocenters. The van der Waals surface area contributed by atoms with Crippen molar-refractivity contribution in [3.05, 3.63) is 130 Å². The Morgan fingerprint density at radius 2 is 1.47 bits per heavy atom. The molecule has 4 aromatic rings. The summed E-state index contributed by atoms with van der Waals surface area (Å²) in [7, 11) is -4.17. The van der Waals surface area contributed by atoms with Gasteiger partial charge in [-0.25, -0.2) is 8.42 Å². The third kappa shape index (κ3) is 8.53. The van der Waals surface area contributed by atoms with Crippen LogP contribution in [0.5, 0.6) is 0 Å². The third-order valence-corrected chi connectivity index (χ3v) is 9.98. The monoisotopic (exact) mass is 645 g/mol. The smallest absolute Gasteiger partial charge is 0.264 e. The van der Waals surface area contributed by atoms with Crippen molar-refractivity contribution in [2.24, 2.45) is 0 Å². The SMILES string of the molecule is CC[C@H](C)NC(=O)[C@H](Cc1ccccc1)N(Cc1cccc(Cl)c1)C(=O)CN(c1cccc(C)c1C)S(=O)(=O)c1ccccc1. The van der Waals surface area contributed by atoms with Crippen LogP contribution in [0.25, 0.3) is 0 Å². The molecule has 0 aliphatic rings. The highest BCUT2D eigenvalue weighted by molar-refractivity contribution is 7.92. The van der Waals surface area contributed by atoms with E-state index in [0.717, 1.165) is 26.6 Å². The van der Waals surface area contributed by atoms with Gasteiger partial charge in [-0.05, 0) is 79.8 Å². The minimum atomic E-state index is -4.17. The zero-order valence-corrected chi connectivity index (χ0v) is 27.7. The number of carbonyl (C=O) groups excluding carboxylic acids is 2. The van der Waals surface area contributed by atoms with E-state index in [1.165, 1.54) is 17.0 Å². The summed E-state index contributed by atoms with van der Waals surface area (Å²) >= 11 is 6.32. The molecule has 0 spiro atoms. The lowest BCUT2D eigenvalue weighted by molar-refractivity contribution is -0.140. The maximum absolute atomic E-state index is 14.6. The average Bonchev–Trinajstić information content (AvgIpc) is 3.03. The van der Waals surface area contributed by atoms with Gasteiger partial charge in [0.05, 0.1) is 10.6 Å². The van der Waals surface area contributed by atoms with Gasteiger partial charge in [0.25, 0.3) is 10.0 Å². The molecule has 0 aromatic heterocycles. The Morgan fingerprint density at radius 1 is 0.844 bits per heavy atom. The molecule has 0 saturated carbocycles. The lowest BCUT2D eigenvalue weighted by atomic mass is 10.0. The number of anilines is 1. The fraction of sp³-hybridized carbons (Fsp3) is 0.278. The summed E-state index contributed by atoms with van der Waals surface area (Å²) in [4.78, 5) is 30.1. The van der Waals surface area contributed by atoms with Crippen LogP contribution < -0.4 is 9.62 Å². The predicted molar refractivity (Wildman–Crippen MR) is 181 cm³/mol. The van der Waals surface area contributed by atoms with Crippen molar-refractivity contribution < 1.29 is 18.0 Å². The number of halogens is 1. The molecular weight excluding hydrogens is 606 g/mol. The van der Waals surface area contributed by atoms with Crippen LogP contribution in [0.1, 0.15) is 42.5 Å². The highest BCUT2D eigenvalue weighted by Gasteiger charge is 2.35. The van der Waals surface area contributed by atoms with E-state index in [4.69, 9.17) is 11.6 Å². The zero-order valence-electron chi connectivity index (χ0n) is 26.1. The molecule has 9 heteroatoms. The molecule has 0 aliphatic carbocycles. The van der Waals surface area contributed by atoms with Crippen LogP contribution >= 0.6 is 11.6 Å². The van der Waals surface area contributed by atoms with E-state index in [2.05, 4.69) is 5.32 Å². The molecule has 4 rings (SSSR count). The quantitative estimate of drug-likeness (QED) is 0.175. The first-order valence-corrected chi connectivity index (χ1v) is 16.8. The normalized spacial score (nSPS) is 12.6. The van der Waals surface area contributed by atoms with Crippen molar-refractivity contribution in [3.8, 4) is 0 Å². The number of nitrogens with zero attached hydrogens (tertiary/aromatic N) is 2. The van der Waals surface area contributed by atoms with Crippen LogP contribution in [-0.2, 0) is 32.6 Å². The summed E-state index contributed by atoms with van der Waals surface area (Å²) in [6, 6.07) is 29.0. The van der Waals surface area contributed by atoms with Gasteiger partial charge in [-0.2, -0.15) is 0 Å². The Labute approximate surface area is 271 Å². The van der Waals surface area contributed by atoms with Crippen LogP contribution in [-0.4, -0.2) is 43.8 Å². The fourth-order valence-corrected chi connectivity index (χ4v) is 6.77. The van der Waals surface area contributed by atoms with Gasteiger partial charge in [0, 0.05) is 24.0 Å². The molecule has 0 radical (unpaired) electrons. The molecule has 2 amide bonds. The van der Waals surface area contributed by atoms with E-state index in [9.17, 15) is 18.0 Å². The van der Waals surface area contributed by atoms with Gasteiger partial charge in [0.15, 0.2) is 0 Å². The molecule has 0 aliphatic heterocycles. The van der Waals surface area contributed by atoms with E-state index in [0.29, 0.717) is 17.1 Å². The predicted octanol–water partition coefficient (Wildman–Crippen LogP) is 6.71. The van der Waals surface area contributed by atoms with Crippen molar-refractivity contribution >= 4 is 39.1 Å². The third-order valence-electron chi connectivity index (χ3n) is 7.97. The number of aryl methyl sites for hydroxylation is 1. The van der Waals surface area contributed by atoms with E-state index in [1.54, 1.807) is 48.5 Å². The van der Waals surface area contributed by atoms with Crippen molar-refractivity contribution in [1.82, 2.24) is 10.2 Å². The Balaban J connectivity index is 1.83. The van der Waals surface area contributed by atoms with Gasteiger partial charge >= 0.3 is 0 Å². The second-order valence-corrected chi connectivity index (χ2v) is 13.5. The van der Waals surface area contributed by atoms with E-state index in [1.807, 2.05) is 70.2 Å². The molecule has 0 fully saturated rings. The van der Waals surface area contributed by atoms with Crippen molar-refractivity contribution in [1.29, 1.82) is 0 Å². The van der Waals surface area contributed by atoms with Gasteiger partial charge in [-0.1, -0.05) is 91.3 Å². The second kappa shape index (κ2) is 15.2. The molecule has 0 saturated heterocycles. The highest BCUT2D eigenvalue weighted by Crippen LogP contribution is 2.29. The van der Waals surface area contributed by atoms with E-state index >= 15 is 0 Å². The van der Waals surface area contributed by atoms with Crippen LogP contribution in [0.3, 0.4) is 0 Å². The molecule has 0 heterocycles. The van der Waals surface area contributed by atoms with Crippen LogP contribution in [0.15, 0.2) is 108 Å². The number of hydrogen-bond acceptors (Lipinski definition) is 4. The first kappa shape index (κ1) is 33.7. The lowest BCUT2D eigenvalue weighted by Crippen LogP contribution is -2.54. The summed E-state index contributed by atoms with van der Waals surface area (Å²) in [5, 5.41) is 3.54. The van der Waals surface area contributed by atoms with Gasteiger partial charge < -0.3 is 10.2 Å². The largest absolute Gasteiger partial charge is 0.352 e. The number of sulfonamides is 1. The number of hydrogen-bond donors (Lipinski definition) is 1. The highest BCUT2D eigenvalue weighted by atomic mass is 35.5. The zero-order chi connectivity index (χ0) is 32.6. The second-order valence-electron chi connectivity index (χ2n) is 11.2. The summed E-state index contributed by atoms with van der Waals surface area (Å²) in [6.07, 6.45) is 0.950. The average molecular weight is 646 g/mol. The van der Waals surface area contributed by atoms with Gasteiger partial charge in [-0.15, -0.1) is 0 Å². The minimum absolute atomic E-state index is 0.0524. The first-order valence-electron chi connectivity index (χ1n) is 15.0. The summed E-state index contributed by atoms with van der Waals surface area (Å²) in [5.41, 5.74) is 3.61. The molecule has 1 N–H and O–H groups in total. The van der Waals surface area contributed by atoms with Crippen molar-refractivity contribution in [3.63, 3.8) is 0 Å². The standard InChI is InChI=1S/C36H40ClN3O4S/c1-5-27(3)38-36(42)34(23-29-15-8-6-9-16-29)39(24-30-17-13-18-31(37)22-30)35(41)25-40(33-21-12-14-26(2)28(33)4)45(43,44)32-19-10-7-11-20-32/h6-22,27,34H,5,23-25H2,1-4H3,(H,38,42)/t27-,34-/m0/s1. The number of nitrogens with one attached hydrogen (secondary N) is 1. The summed E-state index contributed by atoms with van der Waals surface area (Å²) in [5.74, 6) is -0.830. The molecule has 0 unspecified atom stereocenters. The Hall–Kier alpha value is -4.14. The molecule has 45 heavy (non-hydrogen) atoms. The topological polar surface area (TPSA) is 86.8 Å². The molecule has 4 aromatic carbocycles. The fourth-order valence-electron chi connectivity index (χ4n) is 5.07. The van der Waals surface area contributed by atoms with Gasteiger partial charge in [-0.3, -0.25) is 13.9 Å². The first-order chi connectivity index (χ1) is 21.5. The number of amides is 2. The Kier molecular flexibility index (Phi) is 11.4. The lowest BCUT2D eigenvalue weighted by Gasteiger charge is -2.34. The molecule has 0 bridgehead atoms. The number of benzene rings is 4. The maximum atomic E-state index is 14.6. The number of carbonyl (C=O) groups is 2. The molecule has 7 nitrogen and oxygen atoms in total.